The highest BCUT2D eigenvalue weighted by atomic mass is 16.7. The average molecular weight is 393 g/mol. The minimum absolute atomic E-state index is 0.106. The van der Waals surface area contributed by atoms with E-state index >= 15 is 0 Å². The van der Waals surface area contributed by atoms with E-state index in [2.05, 4.69) is 10.3 Å². The molecule has 0 saturated heterocycles. The van der Waals surface area contributed by atoms with E-state index in [1.807, 2.05) is 24.3 Å². The second-order valence-electron chi connectivity index (χ2n) is 7.23. The fourth-order valence-corrected chi connectivity index (χ4v) is 4.02. The first-order chi connectivity index (χ1) is 14.2. The van der Waals surface area contributed by atoms with Crippen molar-refractivity contribution in [2.24, 2.45) is 0 Å². The molecule has 7 nitrogen and oxygen atoms in total. The van der Waals surface area contributed by atoms with Gasteiger partial charge in [0.15, 0.2) is 23.0 Å². The van der Waals surface area contributed by atoms with Gasteiger partial charge in [0.1, 0.15) is 11.3 Å². The van der Waals surface area contributed by atoms with Gasteiger partial charge in [0.25, 0.3) is 0 Å². The van der Waals surface area contributed by atoms with Crippen molar-refractivity contribution >= 4 is 28.1 Å². The van der Waals surface area contributed by atoms with Crippen molar-refractivity contribution in [1.82, 2.24) is 0 Å². The van der Waals surface area contributed by atoms with Crippen LogP contribution < -0.4 is 24.5 Å². The highest BCUT2D eigenvalue weighted by Crippen LogP contribution is 2.41. The van der Waals surface area contributed by atoms with E-state index in [9.17, 15) is 9.90 Å². The van der Waals surface area contributed by atoms with Gasteiger partial charge in [-0.1, -0.05) is 0 Å². The Morgan fingerprint density at radius 2 is 1.97 bits per heavy atom. The minimum Gasteiger partial charge on any atom is -0.497 e. The molecule has 0 bridgehead atoms. The summed E-state index contributed by atoms with van der Waals surface area (Å²) in [5, 5.41) is 13.8. The Balaban J connectivity index is 1.73. The second kappa shape index (κ2) is 6.93. The quantitative estimate of drug-likeness (QED) is 0.708. The molecule has 0 unspecified atom stereocenters. The van der Waals surface area contributed by atoms with E-state index in [-0.39, 0.29) is 19.2 Å². The molecule has 1 aliphatic carbocycles. The average Bonchev–Trinajstić information content (AvgIpc) is 3.19. The van der Waals surface area contributed by atoms with E-state index in [4.69, 9.17) is 14.2 Å². The number of aliphatic hydroxyl groups is 1. The monoisotopic (exact) mass is 393 g/mol. The van der Waals surface area contributed by atoms with Crippen LogP contribution in [0.3, 0.4) is 0 Å². The highest BCUT2D eigenvalue weighted by Gasteiger charge is 2.30. The van der Waals surface area contributed by atoms with Gasteiger partial charge in [-0.3, -0.25) is 4.79 Å². The minimum atomic E-state index is -0.106. The lowest BCUT2D eigenvalue weighted by Crippen LogP contribution is -2.24. The first-order valence-electron chi connectivity index (χ1n) is 9.57. The standard InChI is InChI=1S/C22H20N2O5/c1-27-14-6-12(10-25)5-13(7-14)23-22-15-8-19-20(29-11-28-19)9-17(15)24-16-3-2-4-18(26)21(16)22/h5-9,25H,2-4,10-11H2,1H3,(H,23,24)/p+1. The summed E-state index contributed by atoms with van der Waals surface area (Å²) in [6, 6.07) is 9.27. The number of aromatic amines is 1. The zero-order valence-corrected chi connectivity index (χ0v) is 16.0. The molecule has 2 aromatic carbocycles. The molecule has 0 atom stereocenters. The summed E-state index contributed by atoms with van der Waals surface area (Å²) in [6.07, 6.45) is 2.15. The zero-order valence-electron chi connectivity index (χ0n) is 16.0. The number of ether oxygens (including phenoxy) is 3. The molecule has 1 aliphatic heterocycles. The maximum Gasteiger partial charge on any atom is 0.231 e. The Hall–Kier alpha value is -3.32. The number of anilines is 2. The molecule has 3 N–H and O–H groups in total. The van der Waals surface area contributed by atoms with Crippen LogP contribution in [-0.4, -0.2) is 24.8 Å². The summed E-state index contributed by atoms with van der Waals surface area (Å²) in [6.45, 7) is 0.0771. The number of aliphatic hydroxyl groups excluding tert-OH is 1. The van der Waals surface area contributed by atoms with Crippen LogP contribution in [0.15, 0.2) is 30.3 Å². The number of aryl methyl sites for hydroxylation is 1. The normalized spacial score (nSPS) is 14.8. The molecule has 0 amide bonds. The molecule has 0 radical (unpaired) electrons. The van der Waals surface area contributed by atoms with Crippen LogP contribution in [0.5, 0.6) is 17.2 Å². The molecular formula is C22H21N2O5+. The number of pyridine rings is 1. The molecule has 2 aliphatic rings. The van der Waals surface area contributed by atoms with Gasteiger partial charge in [-0.15, -0.1) is 0 Å². The number of Topliss-reactive ketones (excluding diaryl/α,β-unsaturated/α-hetero) is 1. The Bertz CT molecular complexity index is 1120. The molecule has 3 aromatic rings. The summed E-state index contributed by atoms with van der Waals surface area (Å²) in [7, 11) is 1.58. The van der Waals surface area contributed by atoms with Gasteiger partial charge in [0, 0.05) is 30.7 Å². The fraction of sp³-hybridized carbons (Fsp3) is 0.273. The number of fused-ring (bicyclic) bond motifs is 3. The number of hydrogen-bond acceptors (Lipinski definition) is 6. The number of benzene rings is 2. The van der Waals surface area contributed by atoms with Crippen molar-refractivity contribution in [3.8, 4) is 17.2 Å². The third kappa shape index (κ3) is 3.03. The lowest BCUT2D eigenvalue weighted by atomic mass is 9.91. The molecule has 2 heterocycles. The zero-order chi connectivity index (χ0) is 20.0. The molecule has 0 spiro atoms. The highest BCUT2D eigenvalue weighted by molar-refractivity contribution is 6.10. The third-order valence-corrected chi connectivity index (χ3v) is 5.38. The molecule has 1 aromatic heterocycles. The lowest BCUT2D eigenvalue weighted by Gasteiger charge is -2.18. The number of aromatic nitrogens is 1. The first kappa shape index (κ1) is 17.8. The Labute approximate surface area is 167 Å². The second-order valence-corrected chi connectivity index (χ2v) is 7.23. The largest absolute Gasteiger partial charge is 0.497 e. The van der Waals surface area contributed by atoms with E-state index < -0.39 is 0 Å². The SMILES string of the molecule is COc1cc(CO)cc(Nc2c3c([nH+]c4cc5c(cc24)OCO5)CCCC3=O)c1. The van der Waals surface area contributed by atoms with E-state index in [0.29, 0.717) is 29.2 Å². The lowest BCUT2D eigenvalue weighted by molar-refractivity contribution is -0.358. The predicted molar refractivity (Wildman–Crippen MR) is 106 cm³/mol. The third-order valence-electron chi connectivity index (χ3n) is 5.38. The molecule has 7 heteroatoms. The van der Waals surface area contributed by atoms with Crippen molar-refractivity contribution in [3.63, 3.8) is 0 Å². The molecule has 5 rings (SSSR count). The van der Waals surface area contributed by atoms with Crippen LogP contribution >= 0.6 is 0 Å². The van der Waals surface area contributed by atoms with Crippen molar-refractivity contribution in [3.05, 3.63) is 47.2 Å². The van der Waals surface area contributed by atoms with Gasteiger partial charge in [-0.2, -0.15) is 0 Å². The van der Waals surface area contributed by atoms with Crippen LogP contribution in [0.25, 0.3) is 10.9 Å². The van der Waals surface area contributed by atoms with Crippen molar-refractivity contribution < 1.29 is 29.1 Å². The van der Waals surface area contributed by atoms with Gasteiger partial charge in [0.2, 0.25) is 12.3 Å². The maximum atomic E-state index is 12.8. The van der Waals surface area contributed by atoms with Gasteiger partial charge in [-0.25, -0.2) is 4.98 Å². The van der Waals surface area contributed by atoms with Gasteiger partial charge in [-0.05, 0) is 24.1 Å². The van der Waals surface area contributed by atoms with Crippen LogP contribution in [0, 0.1) is 0 Å². The number of carbonyl (C=O) groups excluding carboxylic acids is 1. The number of nitrogens with one attached hydrogen (secondary N) is 2. The first-order valence-corrected chi connectivity index (χ1v) is 9.57. The number of methoxy groups -OCH3 is 1. The van der Waals surface area contributed by atoms with Crippen LogP contribution in [0.4, 0.5) is 11.4 Å². The van der Waals surface area contributed by atoms with Crippen LogP contribution in [-0.2, 0) is 13.0 Å². The molecule has 0 saturated carbocycles. The van der Waals surface area contributed by atoms with E-state index in [1.54, 1.807) is 13.2 Å². The molecular weight excluding hydrogens is 372 g/mol. The number of H-pyrrole nitrogens is 1. The van der Waals surface area contributed by atoms with Crippen LogP contribution in [0.1, 0.15) is 34.5 Å². The smallest absolute Gasteiger partial charge is 0.231 e. The van der Waals surface area contributed by atoms with Crippen LogP contribution in [0.2, 0.25) is 0 Å². The fourth-order valence-electron chi connectivity index (χ4n) is 4.02. The molecule has 0 fully saturated rings. The number of hydrogen-bond donors (Lipinski definition) is 2. The van der Waals surface area contributed by atoms with Crippen molar-refractivity contribution in [1.29, 1.82) is 0 Å². The summed E-state index contributed by atoms with van der Waals surface area (Å²) >= 11 is 0. The Kier molecular flexibility index (Phi) is 4.24. The van der Waals surface area contributed by atoms with Crippen molar-refractivity contribution in [2.45, 2.75) is 25.9 Å². The summed E-state index contributed by atoms with van der Waals surface area (Å²) < 4.78 is 16.4. The van der Waals surface area contributed by atoms with Crippen molar-refractivity contribution in [2.75, 3.05) is 19.2 Å². The number of ketones is 1. The summed E-state index contributed by atoms with van der Waals surface area (Å²) in [5.41, 5.74) is 4.65. The van der Waals surface area contributed by atoms with Gasteiger partial charge < -0.3 is 24.6 Å². The topological polar surface area (TPSA) is 91.2 Å². The van der Waals surface area contributed by atoms with E-state index in [1.165, 1.54) is 0 Å². The molecule has 29 heavy (non-hydrogen) atoms. The Morgan fingerprint density at radius 3 is 2.76 bits per heavy atom. The Morgan fingerprint density at radius 1 is 1.14 bits per heavy atom. The predicted octanol–water partition coefficient (Wildman–Crippen LogP) is 3.15. The number of carbonyl (C=O) groups is 1. The van der Waals surface area contributed by atoms with E-state index in [0.717, 1.165) is 46.4 Å². The maximum absolute atomic E-state index is 12.8. The molecule has 148 valence electrons. The van der Waals surface area contributed by atoms with Gasteiger partial charge in [0.05, 0.1) is 30.9 Å². The number of rotatable bonds is 4. The summed E-state index contributed by atoms with van der Waals surface area (Å²) in [4.78, 5) is 16.3. The van der Waals surface area contributed by atoms with Gasteiger partial charge >= 0.3 is 0 Å². The summed E-state index contributed by atoms with van der Waals surface area (Å²) in [5.74, 6) is 2.07.